The van der Waals surface area contributed by atoms with Crippen molar-refractivity contribution in [2.75, 3.05) is 18.0 Å². The Labute approximate surface area is 175 Å². The fourth-order valence-corrected chi connectivity index (χ4v) is 4.23. The zero-order chi connectivity index (χ0) is 20.3. The quantitative estimate of drug-likeness (QED) is 0.510. The number of rotatable bonds is 4. The van der Waals surface area contributed by atoms with E-state index in [0.717, 1.165) is 48.6 Å². The highest BCUT2D eigenvalue weighted by atomic mass is 16.1. The predicted octanol–water partition coefficient (Wildman–Crippen LogP) is 4.50. The smallest absolute Gasteiger partial charge is 0.265 e. The number of nitrogens with zero attached hydrogens (tertiary/aromatic N) is 4. The van der Waals surface area contributed by atoms with Crippen LogP contribution < -0.4 is 10.5 Å². The second-order valence-corrected chi connectivity index (χ2v) is 7.76. The minimum Gasteiger partial charge on any atom is -0.342 e. The van der Waals surface area contributed by atoms with Crippen LogP contribution in [0.5, 0.6) is 0 Å². The molecule has 30 heavy (non-hydrogen) atoms. The van der Waals surface area contributed by atoms with Gasteiger partial charge in [0.15, 0.2) is 5.65 Å². The molecule has 0 atom stereocenters. The first kappa shape index (κ1) is 18.6. The lowest BCUT2D eigenvalue weighted by atomic mass is 10.0. The third-order valence-corrected chi connectivity index (χ3v) is 5.74. The van der Waals surface area contributed by atoms with Crippen LogP contribution in [-0.4, -0.2) is 27.6 Å². The summed E-state index contributed by atoms with van der Waals surface area (Å²) in [5, 5.41) is 0.584. The normalized spacial score (nSPS) is 14.2. The Morgan fingerprint density at radius 2 is 1.53 bits per heavy atom. The second-order valence-electron chi connectivity index (χ2n) is 7.76. The van der Waals surface area contributed by atoms with E-state index in [1.807, 2.05) is 59.2 Å². The molecule has 0 N–H and O–H groups in total. The summed E-state index contributed by atoms with van der Waals surface area (Å²) in [6, 6.07) is 22.0. The van der Waals surface area contributed by atoms with Gasteiger partial charge in [0.2, 0.25) is 5.95 Å². The highest BCUT2D eigenvalue weighted by Crippen LogP contribution is 2.26. The maximum Gasteiger partial charge on any atom is 0.265 e. The van der Waals surface area contributed by atoms with Crippen molar-refractivity contribution in [2.24, 2.45) is 0 Å². The summed E-state index contributed by atoms with van der Waals surface area (Å²) >= 11 is 0. The average Bonchev–Trinajstić information content (AvgIpc) is 2.82. The van der Waals surface area contributed by atoms with Gasteiger partial charge < -0.3 is 4.90 Å². The largest absolute Gasteiger partial charge is 0.342 e. The Morgan fingerprint density at radius 3 is 2.27 bits per heavy atom. The summed E-state index contributed by atoms with van der Waals surface area (Å²) in [7, 11) is 0. The standard InChI is InChI=1S/C25H24N4O/c30-24-22-21(20-12-6-2-7-13-20)14-15-26-23(22)27-25(28-16-8-3-9-17-28)29(24)18-19-10-4-1-5-11-19/h1-2,4-7,10-15H,3,8-9,16-18H2. The van der Waals surface area contributed by atoms with E-state index in [9.17, 15) is 4.79 Å². The van der Waals surface area contributed by atoms with Gasteiger partial charge in [-0.2, -0.15) is 4.98 Å². The molecule has 1 aliphatic rings. The Balaban J connectivity index is 1.74. The number of piperidine rings is 1. The molecule has 1 aliphatic heterocycles. The maximum atomic E-state index is 13.8. The number of anilines is 1. The molecule has 1 fully saturated rings. The first-order chi connectivity index (χ1) is 14.8. The lowest BCUT2D eigenvalue weighted by Gasteiger charge is -2.30. The Bertz CT molecular complexity index is 1210. The van der Waals surface area contributed by atoms with Gasteiger partial charge in [-0.15, -0.1) is 0 Å². The van der Waals surface area contributed by atoms with Crippen molar-refractivity contribution < 1.29 is 0 Å². The molecule has 0 aliphatic carbocycles. The van der Waals surface area contributed by atoms with Crippen molar-refractivity contribution in [3.8, 4) is 11.1 Å². The number of aromatic nitrogens is 3. The molecule has 1 saturated heterocycles. The van der Waals surface area contributed by atoms with E-state index < -0.39 is 0 Å². The van der Waals surface area contributed by atoms with Crippen LogP contribution >= 0.6 is 0 Å². The van der Waals surface area contributed by atoms with Gasteiger partial charge in [0.1, 0.15) is 0 Å². The Hall–Kier alpha value is -3.47. The topological polar surface area (TPSA) is 51.0 Å². The Kier molecular flexibility index (Phi) is 5.01. The van der Waals surface area contributed by atoms with Crippen molar-refractivity contribution in [1.82, 2.24) is 14.5 Å². The molecule has 0 amide bonds. The third-order valence-electron chi connectivity index (χ3n) is 5.74. The highest BCUT2D eigenvalue weighted by molar-refractivity contribution is 5.92. The van der Waals surface area contributed by atoms with Gasteiger partial charge in [-0.3, -0.25) is 9.36 Å². The van der Waals surface area contributed by atoms with E-state index in [0.29, 0.717) is 17.6 Å². The van der Waals surface area contributed by atoms with Crippen molar-refractivity contribution in [1.29, 1.82) is 0 Å². The monoisotopic (exact) mass is 396 g/mol. The molecule has 5 rings (SSSR count). The van der Waals surface area contributed by atoms with Crippen molar-refractivity contribution in [3.05, 3.63) is 88.8 Å². The lowest BCUT2D eigenvalue weighted by molar-refractivity contribution is 0.553. The van der Waals surface area contributed by atoms with E-state index in [4.69, 9.17) is 4.98 Å². The SMILES string of the molecule is O=c1c2c(-c3ccccc3)ccnc2nc(N2CCCCC2)n1Cc1ccccc1. The minimum absolute atomic E-state index is 0.0311. The fourth-order valence-electron chi connectivity index (χ4n) is 4.23. The van der Waals surface area contributed by atoms with Crippen LogP contribution in [0.4, 0.5) is 5.95 Å². The summed E-state index contributed by atoms with van der Waals surface area (Å²) in [4.78, 5) is 25.5. The molecule has 150 valence electrons. The summed E-state index contributed by atoms with van der Waals surface area (Å²) in [5.74, 6) is 0.730. The maximum absolute atomic E-state index is 13.8. The zero-order valence-electron chi connectivity index (χ0n) is 16.9. The van der Waals surface area contributed by atoms with E-state index in [-0.39, 0.29) is 5.56 Å². The van der Waals surface area contributed by atoms with Crippen LogP contribution in [0.25, 0.3) is 22.2 Å². The predicted molar refractivity (Wildman–Crippen MR) is 121 cm³/mol. The van der Waals surface area contributed by atoms with Gasteiger partial charge in [0, 0.05) is 19.3 Å². The van der Waals surface area contributed by atoms with Crippen LogP contribution in [0.15, 0.2) is 77.7 Å². The molecule has 0 saturated carbocycles. The summed E-state index contributed by atoms with van der Waals surface area (Å²) in [6.45, 7) is 2.34. The van der Waals surface area contributed by atoms with E-state index in [1.165, 1.54) is 6.42 Å². The average molecular weight is 396 g/mol. The van der Waals surface area contributed by atoms with Gasteiger partial charge in [-0.1, -0.05) is 60.7 Å². The summed E-state index contributed by atoms with van der Waals surface area (Å²) < 4.78 is 1.83. The molecular weight excluding hydrogens is 372 g/mol. The molecular formula is C25H24N4O. The van der Waals surface area contributed by atoms with E-state index in [2.05, 4.69) is 22.0 Å². The number of pyridine rings is 1. The van der Waals surface area contributed by atoms with Crippen LogP contribution in [-0.2, 0) is 6.54 Å². The van der Waals surface area contributed by atoms with Crippen LogP contribution in [0.2, 0.25) is 0 Å². The van der Waals surface area contributed by atoms with E-state index in [1.54, 1.807) is 6.20 Å². The van der Waals surface area contributed by atoms with Crippen LogP contribution in [0.1, 0.15) is 24.8 Å². The number of hydrogen-bond donors (Lipinski definition) is 0. The summed E-state index contributed by atoms with van der Waals surface area (Å²) in [5.41, 5.74) is 3.46. The molecule has 0 bridgehead atoms. The second kappa shape index (κ2) is 8.11. The Morgan fingerprint density at radius 1 is 0.833 bits per heavy atom. The molecule has 5 nitrogen and oxygen atoms in total. The molecule has 3 heterocycles. The third kappa shape index (κ3) is 3.47. The fraction of sp³-hybridized carbons (Fsp3) is 0.240. The first-order valence-corrected chi connectivity index (χ1v) is 10.5. The highest BCUT2D eigenvalue weighted by Gasteiger charge is 2.21. The molecule has 0 spiro atoms. The summed E-state index contributed by atoms with van der Waals surface area (Å²) in [6.07, 6.45) is 5.22. The lowest BCUT2D eigenvalue weighted by Crippen LogP contribution is -2.37. The van der Waals surface area contributed by atoms with Gasteiger partial charge in [0.05, 0.1) is 11.9 Å². The van der Waals surface area contributed by atoms with Gasteiger partial charge >= 0.3 is 0 Å². The van der Waals surface area contributed by atoms with Gasteiger partial charge in [0.25, 0.3) is 5.56 Å². The number of fused-ring (bicyclic) bond motifs is 1. The number of hydrogen-bond acceptors (Lipinski definition) is 4. The van der Waals surface area contributed by atoms with Crippen molar-refractivity contribution >= 4 is 17.0 Å². The molecule has 0 unspecified atom stereocenters. The molecule has 0 radical (unpaired) electrons. The molecule has 2 aromatic carbocycles. The first-order valence-electron chi connectivity index (χ1n) is 10.5. The molecule has 2 aromatic heterocycles. The molecule has 5 heteroatoms. The molecule has 4 aromatic rings. The van der Waals surface area contributed by atoms with Crippen LogP contribution in [0, 0.1) is 0 Å². The van der Waals surface area contributed by atoms with Gasteiger partial charge in [-0.25, -0.2) is 4.98 Å². The van der Waals surface area contributed by atoms with Crippen molar-refractivity contribution in [2.45, 2.75) is 25.8 Å². The number of benzene rings is 2. The van der Waals surface area contributed by atoms with E-state index >= 15 is 0 Å². The minimum atomic E-state index is -0.0311. The van der Waals surface area contributed by atoms with Gasteiger partial charge in [-0.05, 0) is 42.0 Å². The van der Waals surface area contributed by atoms with Crippen LogP contribution in [0.3, 0.4) is 0 Å². The zero-order valence-corrected chi connectivity index (χ0v) is 16.9. The van der Waals surface area contributed by atoms with Crippen molar-refractivity contribution in [3.63, 3.8) is 0 Å².